The van der Waals surface area contributed by atoms with Crippen molar-refractivity contribution in [3.8, 4) is 6.01 Å². The first-order valence-electron chi connectivity index (χ1n) is 12.3. The summed E-state index contributed by atoms with van der Waals surface area (Å²) in [6.07, 6.45) is 2.20. The second-order valence-electron chi connectivity index (χ2n) is 9.57. The molecule has 0 unspecified atom stereocenters. The standard InChI is InChI=1S/C26H32ClN7O2/c1-32-12-14-34(15-13-32)24-22(28)23(30-26(31-24)36-16-18-8-5-11-33(18)2)25(35)29-20-10-4-7-17-6-3-9-19(27)21(17)20/h3-4,6-7,9-10,18H,5,8,11-16,28H2,1-2H3,(H,29,35)/t18-/m0/s1. The zero-order chi connectivity index (χ0) is 25.2. The zero-order valence-corrected chi connectivity index (χ0v) is 21.5. The van der Waals surface area contributed by atoms with Gasteiger partial charge in [0, 0.05) is 37.6 Å². The van der Waals surface area contributed by atoms with Crippen molar-refractivity contribution in [2.24, 2.45) is 0 Å². The summed E-state index contributed by atoms with van der Waals surface area (Å²) in [4.78, 5) is 29.3. The molecule has 1 atom stereocenters. The van der Waals surface area contributed by atoms with E-state index < -0.39 is 5.91 Å². The number of likely N-dealkylation sites (N-methyl/N-ethyl adjacent to an activating group) is 2. The molecule has 2 fully saturated rings. The lowest BCUT2D eigenvalue weighted by atomic mass is 10.1. The van der Waals surface area contributed by atoms with E-state index in [0.717, 1.165) is 56.3 Å². The highest BCUT2D eigenvalue weighted by Crippen LogP contribution is 2.32. The van der Waals surface area contributed by atoms with Gasteiger partial charge in [0.2, 0.25) is 0 Å². The van der Waals surface area contributed by atoms with Crippen molar-refractivity contribution in [3.05, 3.63) is 47.1 Å². The number of nitrogen functional groups attached to an aromatic ring is 1. The third kappa shape index (κ3) is 5.04. The molecule has 2 saturated heterocycles. The molecule has 0 bridgehead atoms. The van der Waals surface area contributed by atoms with Crippen LogP contribution in [0.4, 0.5) is 17.2 Å². The molecule has 3 aromatic rings. The van der Waals surface area contributed by atoms with Gasteiger partial charge >= 0.3 is 6.01 Å². The third-order valence-corrected chi connectivity index (χ3v) is 7.42. The van der Waals surface area contributed by atoms with Crippen LogP contribution in [0.5, 0.6) is 6.01 Å². The van der Waals surface area contributed by atoms with E-state index in [9.17, 15) is 4.79 Å². The summed E-state index contributed by atoms with van der Waals surface area (Å²) in [5, 5.41) is 5.22. The van der Waals surface area contributed by atoms with Gasteiger partial charge in [0.1, 0.15) is 12.3 Å². The summed E-state index contributed by atoms with van der Waals surface area (Å²) in [5.74, 6) is 0.106. The number of carbonyl (C=O) groups excluding carboxylic acids is 1. The number of likely N-dealkylation sites (tertiary alicyclic amines) is 1. The second-order valence-corrected chi connectivity index (χ2v) is 9.97. The van der Waals surface area contributed by atoms with Crippen LogP contribution in [0.1, 0.15) is 23.3 Å². The predicted molar refractivity (Wildman–Crippen MR) is 144 cm³/mol. The lowest BCUT2D eigenvalue weighted by molar-refractivity contribution is 0.102. The van der Waals surface area contributed by atoms with E-state index in [-0.39, 0.29) is 17.4 Å². The highest BCUT2D eigenvalue weighted by Gasteiger charge is 2.27. The van der Waals surface area contributed by atoms with Gasteiger partial charge in [0.15, 0.2) is 11.5 Å². The second kappa shape index (κ2) is 10.5. The highest BCUT2D eigenvalue weighted by atomic mass is 35.5. The molecule has 1 aromatic heterocycles. The monoisotopic (exact) mass is 509 g/mol. The Morgan fingerprint density at radius 2 is 1.86 bits per heavy atom. The van der Waals surface area contributed by atoms with Gasteiger partial charge in [-0.1, -0.05) is 35.9 Å². The van der Waals surface area contributed by atoms with Gasteiger partial charge in [-0.3, -0.25) is 4.79 Å². The van der Waals surface area contributed by atoms with E-state index in [1.807, 2.05) is 30.3 Å². The lowest BCUT2D eigenvalue weighted by Crippen LogP contribution is -2.45. The Hall–Kier alpha value is -3.14. The molecule has 10 heteroatoms. The lowest BCUT2D eigenvalue weighted by Gasteiger charge is -2.34. The number of piperazine rings is 1. The van der Waals surface area contributed by atoms with Gasteiger partial charge in [-0.2, -0.15) is 9.97 Å². The molecule has 2 aliphatic rings. The summed E-state index contributed by atoms with van der Waals surface area (Å²) in [6.45, 7) is 4.77. The molecule has 36 heavy (non-hydrogen) atoms. The average molecular weight is 510 g/mol. The summed E-state index contributed by atoms with van der Waals surface area (Å²) in [5.41, 5.74) is 7.46. The number of carbonyl (C=O) groups is 1. The Labute approximate surface area is 216 Å². The Morgan fingerprint density at radius 3 is 2.58 bits per heavy atom. The molecule has 0 saturated carbocycles. The minimum Gasteiger partial charge on any atom is -0.462 e. The summed E-state index contributed by atoms with van der Waals surface area (Å²) >= 11 is 6.47. The fraction of sp³-hybridized carbons (Fsp3) is 0.423. The molecule has 0 radical (unpaired) electrons. The molecule has 0 spiro atoms. The fourth-order valence-corrected chi connectivity index (χ4v) is 5.16. The number of nitrogens with zero attached hydrogens (tertiary/aromatic N) is 5. The predicted octanol–water partition coefficient (Wildman–Crippen LogP) is 3.34. The highest BCUT2D eigenvalue weighted by molar-refractivity contribution is 6.37. The normalized spacial score (nSPS) is 19.1. The maximum absolute atomic E-state index is 13.5. The minimum atomic E-state index is -0.430. The van der Waals surface area contributed by atoms with Crippen molar-refractivity contribution >= 4 is 45.5 Å². The van der Waals surface area contributed by atoms with Crippen molar-refractivity contribution in [2.75, 3.05) is 69.4 Å². The molecule has 190 valence electrons. The molecule has 3 N–H and O–H groups in total. The smallest absolute Gasteiger partial charge is 0.319 e. The Bertz CT molecular complexity index is 1260. The molecule has 5 rings (SSSR count). The van der Waals surface area contributed by atoms with Crippen LogP contribution in [0, 0.1) is 0 Å². The molecular formula is C26H32ClN7O2. The van der Waals surface area contributed by atoms with E-state index >= 15 is 0 Å². The number of fused-ring (bicyclic) bond motifs is 1. The molecule has 3 heterocycles. The van der Waals surface area contributed by atoms with Crippen molar-refractivity contribution in [3.63, 3.8) is 0 Å². The van der Waals surface area contributed by atoms with E-state index in [1.54, 1.807) is 6.07 Å². The quantitative estimate of drug-likeness (QED) is 0.522. The SMILES string of the molecule is CN1CCN(c2nc(OC[C@@H]3CCCN3C)nc(C(=O)Nc3cccc4cccc(Cl)c34)c2N)CC1. The van der Waals surface area contributed by atoms with Crippen LogP contribution in [0.15, 0.2) is 36.4 Å². The van der Waals surface area contributed by atoms with Crippen LogP contribution >= 0.6 is 11.6 Å². The molecule has 2 aromatic carbocycles. The van der Waals surface area contributed by atoms with Crippen LogP contribution < -0.4 is 20.7 Å². The van der Waals surface area contributed by atoms with Crippen molar-refractivity contribution in [1.82, 2.24) is 19.8 Å². The maximum atomic E-state index is 13.5. The van der Waals surface area contributed by atoms with E-state index in [4.69, 9.17) is 22.1 Å². The number of anilines is 3. The summed E-state index contributed by atoms with van der Waals surface area (Å²) < 4.78 is 6.04. The van der Waals surface area contributed by atoms with Gasteiger partial charge in [-0.15, -0.1) is 0 Å². The number of amides is 1. The van der Waals surface area contributed by atoms with Gasteiger partial charge in [0.05, 0.1) is 10.7 Å². The van der Waals surface area contributed by atoms with E-state index in [0.29, 0.717) is 29.2 Å². The van der Waals surface area contributed by atoms with Crippen LogP contribution in [0.2, 0.25) is 5.02 Å². The van der Waals surface area contributed by atoms with Crippen molar-refractivity contribution < 1.29 is 9.53 Å². The number of hydrogen-bond acceptors (Lipinski definition) is 8. The fourth-order valence-electron chi connectivity index (χ4n) is 4.88. The van der Waals surface area contributed by atoms with Crippen LogP contribution in [0.3, 0.4) is 0 Å². The summed E-state index contributed by atoms with van der Waals surface area (Å²) in [7, 11) is 4.18. The average Bonchev–Trinajstić information content (AvgIpc) is 3.28. The van der Waals surface area contributed by atoms with Gasteiger partial charge < -0.3 is 30.5 Å². The topological polar surface area (TPSA) is 99.8 Å². The van der Waals surface area contributed by atoms with Gasteiger partial charge in [-0.25, -0.2) is 0 Å². The van der Waals surface area contributed by atoms with Crippen LogP contribution in [-0.2, 0) is 0 Å². The minimum absolute atomic E-state index is 0.0951. The first-order chi connectivity index (χ1) is 17.4. The van der Waals surface area contributed by atoms with Crippen molar-refractivity contribution in [1.29, 1.82) is 0 Å². The molecule has 0 aliphatic carbocycles. The third-order valence-electron chi connectivity index (χ3n) is 7.10. The van der Waals surface area contributed by atoms with Gasteiger partial charge in [0.25, 0.3) is 5.91 Å². The number of nitrogens with one attached hydrogen (secondary N) is 1. The number of aromatic nitrogens is 2. The number of benzene rings is 2. The molecule has 2 aliphatic heterocycles. The molecule has 9 nitrogen and oxygen atoms in total. The van der Waals surface area contributed by atoms with E-state index in [2.05, 4.69) is 44.1 Å². The summed E-state index contributed by atoms with van der Waals surface area (Å²) in [6, 6.07) is 11.7. The van der Waals surface area contributed by atoms with Crippen molar-refractivity contribution in [2.45, 2.75) is 18.9 Å². The Kier molecular flexibility index (Phi) is 7.13. The van der Waals surface area contributed by atoms with Gasteiger partial charge in [-0.05, 0) is 51.0 Å². The van der Waals surface area contributed by atoms with Crippen LogP contribution in [-0.4, -0.2) is 85.1 Å². The Morgan fingerprint density at radius 1 is 1.11 bits per heavy atom. The molecule has 1 amide bonds. The number of nitrogens with two attached hydrogens (primary N) is 1. The number of ether oxygens (including phenoxy) is 1. The molecular weight excluding hydrogens is 478 g/mol. The number of hydrogen-bond donors (Lipinski definition) is 2. The first kappa shape index (κ1) is 24.5. The van der Waals surface area contributed by atoms with Crippen LogP contribution in [0.25, 0.3) is 10.8 Å². The number of rotatable bonds is 6. The maximum Gasteiger partial charge on any atom is 0.319 e. The first-order valence-corrected chi connectivity index (χ1v) is 12.7. The zero-order valence-electron chi connectivity index (χ0n) is 20.7. The largest absolute Gasteiger partial charge is 0.462 e. The number of halogens is 1. The Balaban J connectivity index is 1.47. The van der Waals surface area contributed by atoms with E-state index in [1.165, 1.54) is 0 Å².